The van der Waals surface area contributed by atoms with Crippen molar-refractivity contribution in [1.29, 1.82) is 0 Å². The first kappa shape index (κ1) is 16.6. The molecule has 7 heteroatoms. The second-order valence-electron chi connectivity index (χ2n) is 6.90. The van der Waals surface area contributed by atoms with Gasteiger partial charge in [0.05, 0.1) is 12.6 Å². The number of rotatable bonds is 4. The highest BCUT2D eigenvalue weighted by Gasteiger charge is 2.19. The lowest BCUT2D eigenvalue weighted by Crippen LogP contribution is -2.37. The maximum absolute atomic E-state index is 12.9. The number of amides is 1. The smallest absolute Gasteiger partial charge is 0.351 e. The molecule has 136 valence electrons. The van der Waals surface area contributed by atoms with Crippen LogP contribution in [0.15, 0.2) is 29.1 Å². The Bertz CT molecular complexity index is 1040. The summed E-state index contributed by atoms with van der Waals surface area (Å²) in [6, 6.07) is 7.80. The lowest BCUT2D eigenvalue weighted by atomic mass is 10.1. The summed E-state index contributed by atoms with van der Waals surface area (Å²) in [4.78, 5) is 25.2. The summed E-state index contributed by atoms with van der Waals surface area (Å²) in [6.07, 6.45) is 4.31. The van der Waals surface area contributed by atoms with E-state index in [1.54, 1.807) is 11.5 Å². The number of hydrogen-bond donors (Lipinski definition) is 1. The first-order valence-electron chi connectivity index (χ1n) is 8.93. The molecule has 1 N–H and O–H groups in total. The van der Waals surface area contributed by atoms with Gasteiger partial charge in [0.1, 0.15) is 12.3 Å². The number of hydrogen-bond acceptors (Lipinski definition) is 4. The Kier molecular flexibility index (Phi) is 4.14. The van der Waals surface area contributed by atoms with Crippen molar-refractivity contribution in [3.63, 3.8) is 0 Å². The van der Waals surface area contributed by atoms with Gasteiger partial charge in [0.15, 0.2) is 5.65 Å². The highest BCUT2D eigenvalue weighted by Crippen LogP contribution is 2.23. The van der Waals surface area contributed by atoms with E-state index in [0.717, 1.165) is 42.1 Å². The topological polar surface area (TPSA) is 77.6 Å². The first-order chi connectivity index (χ1) is 12.6. The molecule has 0 unspecified atom stereocenters. The summed E-state index contributed by atoms with van der Waals surface area (Å²) in [5.74, 6) is 0.503. The van der Waals surface area contributed by atoms with Gasteiger partial charge in [-0.3, -0.25) is 4.79 Å². The van der Waals surface area contributed by atoms with E-state index in [-0.39, 0.29) is 24.2 Å². The Labute approximate surface area is 150 Å². The lowest BCUT2D eigenvalue weighted by Gasteiger charge is -2.11. The summed E-state index contributed by atoms with van der Waals surface area (Å²) in [5, 5.41) is 8.32. The zero-order valence-electron chi connectivity index (χ0n) is 15.0. The van der Waals surface area contributed by atoms with Crippen molar-refractivity contribution in [3.8, 4) is 5.75 Å². The molecule has 4 rings (SSSR count). The Morgan fingerprint density at radius 3 is 2.81 bits per heavy atom. The molecule has 0 saturated heterocycles. The number of benzene rings is 1. The van der Waals surface area contributed by atoms with Gasteiger partial charge in [-0.15, -0.1) is 5.10 Å². The highest BCUT2D eigenvalue weighted by molar-refractivity contribution is 5.84. The van der Waals surface area contributed by atoms with Crippen LogP contribution in [0.3, 0.4) is 0 Å². The maximum Gasteiger partial charge on any atom is 0.351 e. The molecule has 0 bridgehead atoms. The minimum atomic E-state index is -0.316. The number of nitrogens with one attached hydrogen (secondary N) is 1. The highest BCUT2D eigenvalue weighted by atomic mass is 16.5. The number of nitrogens with zero attached hydrogens (tertiary/aromatic N) is 3. The molecule has 1 saturated carbocycles. The molecule has 3 aromatic rings. The van der Waals surface area contributed by atoms with Crippen molar-refractivity contribution in [2.75, 3.05) is 7.11 Å². The Morgan fingerprint density at radius 1 is 1.31 bits per heavy atom. The third kappa shape index (κ3) is 2.83. The average Bonchev–Trinajstić information content (AvgIpc) is 3.24. The molecule has 0 spiro atoms. The summed E-state index contributed by atoms with van der Waals surface area (Å²) < 4.78 is 8.07. The molecule has 7 nitrogen and oxygen atoms in total. The number of ether oxygens (including phenoxy) is 1. The molecule has 1 fully saturated rings. The van der Waals surface area contributed by atoms with Crippen LogP contribution >= 0.6 is 0 Å². The van der Waals surface area contributed by atoms with E-state index in [1.165, 1.54) is 4.68 Å². The molecule has 0 aliphatic heterocycles. The van der Waals surface area contributed by atoms with Gasteiger partial charge in [0.25, 0.3) is 0 Å². The standard InChI is InChI=1S/C19H22N4O3/c1-12-9-13-7-8-15(26-2)10-16(13)23-18(12)21-22(19(23)25)11-17(24)20-14-5-3-4-6-14/h7-10,14H,3-6,11H2,1-2H3,(H,20,24). The third-order valence-electron chi connectivity index (χ3n) is 5.06. The lowest BCUT2D eigenvalue weighted by molar-refractivity contribution is -0.122. The molecule has 2 aromatic heterocycles. The largest absolute Gasteiger partial charge is 0.497 e. The number of fused-ring (bicyclic) bond motifs is 3. The molecule has 0 radical (unpaired) electrons. The fourth-order valence-electron chi connectivity index (χ4n) is 3.73. The third-order valence-corrected chi connectivity index (χ3v) is 5.06. The van der Waals surface area contributed by atoms with E-state index >= 15 is 0 Å². The van der Waals surface area contributed by atoms with Crippen molar-refractivity contribution >= 4 is 22.5 Å². The molecule has 1 aromatic carbocycles. The zero-order valence-corrected chi connectivity index (χ0v) is 15.0. The quantitative estimate of drug-likeness (QED) is 0.778. The van der Waals surface area contributed by atoms with Gasteiger partial charge in [0, 0.05) is 12.1 Å². The minimum Gasteiger partial charge on any atom is -0.497 e. The van der Waals surface area contributed by atoms with Gasteiger partial charge in [-0.25, -0.2) is 13.9 Å². The van der Waals surface area contributed by atoms with Crippen LogP contribution in [0.2, 0.25) is 0 Å². The van der Waals surface area contributed by atoms with Gasteiger partial charge < -0.3 is 10.1 Å². The average molecular weight is 354 g/mol. The van der Waals surface area contributed by atoms with Crippen molar-refractivity contribution in [2.45, 2.75) is 45.2 Å². The number of carbonyl (C=O) groups is 1. The first-order valence-corrected chi connectivity index (χ1v) is 8.93. The fourth-order valence-corrected chi connectivity index (χ4v) is 3.73. The van der Waals surface area contributed by atoms with Crippen LogP contribution in [0.5, 0.6) is 5.75 Å². The molecule has 1 aliphatic rings. The van der Waals surface area contributed by atoms with E-state index in [0.29, 0.717) is 11.4 Å². The SMILES string of the molecule is COc1ccc2cc(C)c3nn(CC(=O)NC4CCCC4)c(=O)n3c2c1. The maximum atomic E-state index is 12.9. The van der Waals surface area contributed by atoms with Crippen LogP contribution in [0.1, 0.15) is 31.2 Å². The van der Waals surface area contributed by atoms with E-state index in [2.05, 4.69) is 10.4 Å². The van der Waals surface area contributed by atoms with Crippen LogP contribution in [0.4, 0.5) is 0 Å². The number of methoxy groups -OCH3 is 1. The van der Waals surface area contributed by atoms with Crippen molar-refractivity contribution < 1.29 is 9.53 Å². The molecular weight excluding hydrogens is 332 g/mol. The summed E-state index contributed by atoms with van der Waals surface area (Å²) in [7, 11) is 1.59. The van der Waals surface area contributed by atoms with Gasteiger partial charge in [-0.1, -0.05) is 12.8 Å². The number of aryl methyl sites for hydroxylation is 1. The van der Waals surface area contributed by atoms with Crippen LogP contribution in [-0.2, 0) is 11.3 Å². The van der Waals surface area contributed by atoms with Gasteiger partial charge in [-0.05, 0) is 48.9 Å². The summed E-state index contributed by atoms with van der Waals surface area (Å²) in [6.45, 7) is 1.84. The molecular formula is C19H22N4O3. The summed E-state index contributed by atoms with van der Waals surface area (Å²) >= 11 is 0. The molecule has 2 heterocycles. The molecule has 0 atom stereocenters. The van der Waals surface area contributed by atoms with Crippen LogP contribution in [-0.4, -0.2) is 33.2 Å². The molecule has 1 aliphatic carbocycles. The monoisotopic (exact) mass is 354 g/mol. The second kappa shape index (κ2) is 6.48. The second-order valence-corrected chi connectivity index (χ2v) is 6.90. The predicted octanol–water partition coefficient (Wildman–Crippen LogP) is 2.03. The Morgan fingerprint density at radius 2 is 2.08 bits per heavy atom. The summed E-state index contributed by atoms with van der Waals surface area (Å²) in [5.41, 5.74) is 1.85. The van der Waals surface area contributed by atoms with Crippen LogP contribution < -0.4 is 15.7 Å². The van der Waals surface area contributed by atoms with E-state index in [1.807, 2.05) is 31.2 Å². The zero-order chi connectivity index (χ0) is 18.3. The Hall–Kier alpha value is -2.83. The van der Waals surface area contributed by atoms with Crippen LogP contribution in [0, 0.1) is 6.92 Å². The number of aromatic nitrogens is 3. The van der Waals surface area contributed by atoms with E-state index in [9.17, 15) is 9.59 Å². The fraction of sp³-hybridized carbons (Fsp3) is 0.421. The Balaban J connectivity index is 1.75. The number of pyridine rings is 1. The minimum absolute atomic E-state index is 0.0675. The van der Waals surface area contributed by atoms with Crippen molar-refractivity contribution in [3.05, 3.63) is 40.3 Å². The van der Waals surface area contributed by atoms with Crippen LogP contribution in [0.25, 0.3) is 16.6 Å². The van der Waals surface area contributed by atoms with Gasteiger partial charge in [-0.2, -0.15) is 0 Å². The van der Waals surface area contributed by atoms with Crippen molar-refractivity contribution in [1.82, 2.24) is 19.5 Å². The van der Waals surface area contributed by atoms with E-state index in [4.69, 9.17) is 4.74 Å². The van der Waals surface area contributed by atoms with Gasteiger partial charge >= 0.3 is 5.69 Å². The normalized spacial score (nSPS) is 15.0. The van der Waals surface area contributed by atoms with Crippen molar-refractivity contribution in [2.24, 2.45) is 0 Å². The number of carbonyl (C=O) groups excluding carboxylic acids is 1. The molecule has 26 heavy (non-hydrogen) atoms. The van der Waals surface area contributed by atoms with E-state index < -0.39 is 0 Å². The van der Waals surface area contributed by atoms with Gasteiger partial charge in [0.2, 0.25) is 5.91 Å². The molecule has 1 amide bonds. The predicted molar refractivity (Wildman–Crippen MR) is 98.6 cm³/mol.